The highest BCUT2D eigenvalue weighted by Crippen LogP contribution is 2.34. The van der Waals surface area contributed by atoms with Gasteiger partial charge in [-0.2, -0.15) is 0 Å². The molecule has 25 heavy (non-hydrogen) atoms. The van der Waals surface area contributed by atoms with Gasteiger partial charge >= 0.3 is 12.3 Å². The molecule has 0 saturated carbocycles. The maximum absolute atomic E-state index is 12.3. The molecule has 0 aliphatic heterocycles. The van der Waals surface area contributed by atoms with Crippen molar-refractivity contribution in [2.24, 2.45) is 0 Å². The van der Waals surface area contributed by atoms with Crippen LogP contribution in [0.1, 0.15) is 17.3 Å². The molecule has 6 nitrogen and oxygen atoms in total. The molecule has 132 valence electrons. The van der Waals surface area contributed by atoms with Gasteiger partial charge in [-0.3, -0.25) is 10.1 Å². The van der Waals surface area contributed by atoms with Crippen LogP contribution in [0.2, 0.25) is 0 Å². The van der Waals surface area contributed by atoms with E-state index in [2.05, 4.69) is 4.74 Å². The van der Waals surface area contributed by atoms with E-state index in [1.807, 2.05) is 0 Å². The largest absolute Gasteiger partial charge is 0.573 e. The molecule has 2 aromatic rings. The summed E-state index contributed by atoms with van der Waals surface area (Å²) in [5, 5.41) is 11.3. The van der Waals surface area contributed by atoms with Crippen molar-refractivity contribution in [2.75, 3.05) is 6.61 Å². The summed E-state index contributed by atoms with van der Waals surface area (Å²) in [4.78, 5) is 22.2. The van der Waals surface area contributed by atoms with Crippen molar-refractivity contribution in [3.05, 3.63) is 58.1 Å². The van der Waals surface area contributed by atoms with E-state index in [0.717, 1.165) is 18.2 Å². The van der Waals surface area contributed by atoms with E-state index in [1.165, 1.54) is 24.3 Å². The molecule has 0 N–H and O–H groups in total. The number of benzene rings is 2. The highest BCUT2D eigenvalue weighted by atomic mass is 19.4. The maximum atomic E-state index is 12.3. The van der Waals surface area contributed by atoms with Gasteiger partial charge in [-0.15, -0.1) is 13.2 Å². The predicted molar refractivity (Wildman–Crippen MR) is 81.2 cm³/mol. The Morgan fingerprint density at radius 1 is 1.20 bits per heavy atom. The quantitative estimate of drug-likeness (QED) is 0.453. The van der Waals surface area contributed by atoms with E-state index in [9.17, 15) is 28.1 Å². The fourth-order valence-electron chi connectivity index (χ4n) is 2.13. The van der Waals surface area contributed by atoms with Crippen molar-refractivity contribution in [2.45, 2.75) is 13.3 Å². The van der Waals surface area contributed by atoms with Gasteiger partial charge in [0.05, 0.1) is 22.7 Å². The molecule has 9 heteroatoms. The molecule has 0 saturated heterocycles. The van der Waals surface area contributed by atoms with Gasteiger partial charge in [0.1, 0.15) is 5.75 Å². The molecule has 2 rings (SSSR count). The third-order valence-electron chi connectivity index (χ3n) is 3.08. The first-order chi connectivity index (χ1) is 11.7. The molecule has 0 fully saturated rings. The van der Waals surface area contributed by atoms with E-state index >= 15 is 0 Å². The van der Waals surface area contributed by atoms with Crippen molar-refractivity contribution >= 4 is 11.7 Å². The first-order valence-electron chi connectivity index (χ1n) is 7.03. The van der Waals surface area contributed by atoms with E-state index in [0.29, 0.717) is 0 Å². The first-order valence-corrected chi connectivity index (χ1v) is 7.03. The molecule has 0 aliphatic rings. The summed E-state index contributed by atoms with van der Waals surface area (Å²) in [7, 11) is 0. The van der Waals surface area contributed by atoms with Gasteiger partial charge in [0.15, 0.2) is 0 Å². The molecule has 0 heterocycles. The Hall–Kier alpha value is -3.10. The van der Waals surface area contributed by atoms with Gasteiger partial charge in [0.25, 0.3) is 5.69 Å². The fraction of sp³-hybridized carbons (Fsp3) is 0.188. The topological polar surface area (TPSA) is 78.7 Å². The van der Waals surface area contributed by atoms with Crippen molar-refractivity contribution in [1.82, 2.24) is 0 Å². The lowest BCUT2D eigenvalue weighted by molar-refractivity contribution is -0.384. The number of halogens is 3. The number of hydrogen-bond donors (Lipinski definition) is 0. The van der Waals surface area contributed by atoms with Crippen molar-refractivity contribution in [1.29, 1.82) is 0 Å². The highest BCUT2D eigenvalue weighted by molar-refractivity contribution is 5.92. The minimum absolute atomic E-state index is 0.0278. The summed E-state index contributed by atoms with van der Waals surface area (Å²) in [6.45, 7) is 1.69. The van der Waals surface area contributed by atoms with Gasteiger partial charge in [-0.1, -0.05) is 12.1 Å². The highest BCUT2D eigenvalue weighted by Gasteiger charge is 2.31. The lowest BCUT2D eigenvalue weighted by Crippen LogP contribution is -2.17. The van der Waals surface area contributed by atoms with E-state index < -0.39 is 28.7 Å². The Bertz CT molecular complexity index is 805. The smallest absolute Gasteiger partial charge is 0.462 e. The van der Waals surface area contributed by atoms with Gasteiger partial charge in [0.2, 0.25) is 0 Å². The molecule has 0 amide bonds. The third kappa shape index (κ3) is 4.69. The number of hydrogen-bond acceptors (Lipinski definition) is 5. The third-order valence-corrected chi connectivity index (χ3v) is 3.08. The van der Waals surface area contributed by atoms with Crippen LogP contribution in [0.15, 0.2) is 42.5 Å². The van der Waals surface area contributed by atoms with Gasteiger partial charge < -0.3 is 9.47 Å². The van der Waals surface area contributed by atoms with Gasteiger partial charge in [-0.05, 0) is 36.8 Å². The number of esters is 1. The van der Waals surface area contributed by atoms with Crippen LogP contribution >= 0.6 is 0 Å². The van der Waals surface area contributed by atoms with Crippen LogP contribution in [0.3, 0.4) is 0 Å². The number of nitro groups is 1. The van der Waals surface area contributed by atoms with Gasteiger partial charge in [-0.25, -0.2) is 4.79 Å². The fourth-order valence-corrected chi connectivity index (χ4v) is 2.13. The summed E-state index contributed by atoms with van der Waals surface area (Å²) in [5.74, 6) is -1.24. The van der Waals surface area contributed by atoms with Gasteiger partial charge in [0, 0.05) is 6.07 Å². The second kappa shape index (κ2) is 7.20. The monoisotopic (exact) mass is 355 g/mol. The number of nitrogens with zero attached hydrogens (tertiary/aromatic N) is 1. The zero-order chi connectivity index (χ0) is 18.6. The molecule has 0 aliphatic carbocycles. The van der Waals surface area contributed by atoms with Crippen LogP contribution in [0, 0.1) is 10.1 Å². The molecule has 0 bridgehead atoms. The molecule has 0 unspecified atom stereocenters. The summed E-state index contributed by atoms with van der Waals surface area (Å²) >= 11 is 0. The molecule has 2 aromatic carbocycles. The number of nitro benzene ring substituents is 1. The molecule has 0 spiro atoms. The first kappa shape index (κ1) is 18.2. The van der Waals surface area contributed by atoms with Crippen LogP contribution in [0.5, 0.6) is 5.75 Å². The normalized spacial score (nSPS) is 11.0. The number of ether oxygens (including phenoxy) is 2. The Balaban J connectivity index is 2.47. The zero-order valence-electron chi connectivity index (χ0n) is 12.9. The van der Waals surface area contributed by atoms with E-state index in [-0.39, 0.29) is 23.3 Å². The lowest BCUT2D eigenvalue weighted by Gasteiger charge is -2.11. The number of carbonyl (C=O) groups excluding carboxylic acids is 1. The Morgan fingerprint density at radius 2 is 1.92 bits per heavy atom. The maximum Gasteiger partial charge on any atom is 0.573 e. The zero-order valence-corrected chi connectivity index (χ0v) is 12.9. The second-order valence-electron chi connectivity index (χ2n) is 4.79. The summed E-state index contributed by atoms with van der Waals surface area (Å²) in [6.07, 6.45) is -4.88. The average Bonchev–Trinajstić information content (AvgIpc) is 2.53. The summed E-state index contributed by atoms with van der Waals surface area (Å²) < 4.78 is 45.5. The van der Waals surface area contributed by atoms with E-state index in [1.54, 1.807) is 6.92 Å². The SMILES string of the molecule is CCOC(=O)c1ccc(-c2cccc(OC(F)(F)F)c2)c([N+](=O)[O-])c1. The van der Waals surface area contributed by atoms with Crippen LogP contribution < -0.4 is 4.74 Å². The van der Waals surface area contributed by atoms with Crippen molar-refractivity contribution in [3.8, 4) is 16.9 Å². The molecule has 0 atom stereocenters. The van der Waals surface area contributed by atoms with Crippen molar-refractivity contribution < 1.29 is 32.4 Å². The number of alkyl halides is 3. The second-order valence-corrected chi connectivity index (χ2v) is 4.79. The Morgan fingerprint density at radius 3 is 2.52 bits per heavy atom. The predicted octanol–water partition coefficient (Wildman–Crippen LogP) is 4.34. The Labute approximate surface area is 139 Å². The minimum Gasteiger partial charge on any atom is -0.462 e. The molecular formula is C16H12F3NO5. The van der Waals surface area contributed by atoms with Crippen LogP contribution in [0.25, 0.3) is 11.1 Å². The average molecular weight is 355 g/mol. The number of rotatable bonds is 5. The van der Waals surface area contributed by atoms with Crippen molar-refractivity contribution in [3.63, 3.8) is 0 Å². The van der Waals surface area contributed by atoms with Crippen LogP contribution in [-0.2, 0) is 4.74 Å². The molecular weight excluding hydrogens is 343 g/mol. The van der Waals surface area contributed by atoms with Crippen LogP contribution in [-0.4, -0.2) is 23.9 Å². The molecule has 0 aromatic heterocycles. The van der Waals surface area contributed by atoms with E-state index in [4.69, 9.17) is 4.74 Å². The number of carbonyl (C=O) groups is 1. The lowest BCUT2D eigenvalue weighted by atomic mass is 10.0. The summed E-state index contributed by atoms with van der Waals surface area (Å²) in [5.41, 5.74) is -0.274. The Kier molecular flexibility index (Phi) is 5.26. The van der Waals surface area contributed by atoms with Crippen LogP contribution in [0.4, 0.5) is 18.9 Å². The molecule has 0 radical (unpaired) electrons. The standard InChI is InChI=1S/C16H12F3NO5/c1-2-24-15(21)11-6-7-13(14(9-11)20(22)23)10-4-3-5-12(8-10)25-16(17,18)19/h3-9H,2H2,1H3. The minimum atomic E-state index is -4.88. The summed E-state index contributed by atoms with van der Waals surface area (Å²) in [6, 6.07) is 8.38.